The maximum atomic E-state index is 11.8. The zero-order valence-electron chi connectivity index (χ0n) is 14.1. The Kier molecular flexibility index (Phi) is 6.32. The van der Waals surface area contributed by atoms with Crippen LogP contribution in [0, 0.1) is 0 Å². The molecule has 0 unspecified atom stereocenters. The fraction of sp³-hybridized carbons (Fsp3) is 0.474. The second kappa shape index (κ2) is 8.67. The summed E-state index contributed by atoms with van der Waals surface area (Å²) in [5, 5.41) is 5.59. The predicted molar refractivity (Wildman–Crippen MR) is 105 cm³/mol. The Morgan fingerprint density at radius 1 is 1.25 bits per heavy atom. The molecule has 5 heteroatoms. The lowest BCUT2D eigenvalue weighted by molar-refractivity contribution is -0.115. The SMILES string of the molecule is CSCCC(=O)Nc1nc(-c2ccc(C3CCCCC3)cc2)cs1. The van der Waals surface area contributed by atoms with Crippen LogP contribution in [0.1, 0.15) is 50.0 Å². The molecule has 24 heavy (non-hydrogen) atoms. The predicted octanol–water partition coefficient (Wildman–Crippen LogP) is 5.55. The number of amides is 1. The minimum absolute atomic E-state index is 0.0397. The largest absolute Gasteiger partial charge is 0.302 e. The standard InChI is InChI=1S/C19H24N2OS2/c1-23-12-11-18(22)21-19-20-17(13-24-19)16-9-7-15(8-10-16)14-5-3-2-4-6-14/h7-10,13-14H,2-6,11-12H2,1H3,(H,20,21,22). The lowest BCUT2D eigenvalue weighted by Gasteiger charge is -2.22. The van der Waals surface area contributed by atoms with Gasteiger partial charge in [0, 0.05) is 23.1 Å². The average molecular weight is 361 g/mol. The molecule has 1 fully saturated rings. The molecule has 1 aliphatic rings. The Morgan fingerprint density at radius 3 is 2.71 bits per heavy atom. The number of carbonyl (C=O) groups is 1. The minimum atomic E-state index is 0.0397. The number of benzene rings is 1. The Hall–Kier alpha value is -1.33. The van der Waals surface area contributed by atoms with E-state index >= 15 is 0 Å². The number of hydrogen-bond acceptors (Lipinski definition) is 4. The van der Waals surface area contributed by atoms with Crippen molar-refractivity contribution < 1.29 is 4.79 Å². The van der Waals surface area contributed by atoms with Crippen molar-refractivity contribution in [3.63, 3.8) is 0 Å². The smallest absolute Gasteiger partial charge is 0.226 e. The lowest BCUT2D eigenvalue weighted by atomic mass is 9.84. The third-order valence-electron chi connectivity index (χ3n) is 4.57. The molecule has 0 saturated heterocycles. The van der Waals surface area contributed by atoms with Gasteiger partial charge in [0.1, 0.15) is 0 Å². The van der Waals surface area contributed by atoms with Crippen molar-refractivity contribution in [3.05, 3.63) is 35.2 Å². The summed E-state index contributed by atoms with van der Waals surface area (Å²) in [5.41, 5.74) is 3.52. The molecule has 1 aliphatic carbocycles. The third kappa shape index (κ3) is 4.61. The highest BCUT2D eigenvalue weighted by molar-refractivity contribution is 7.98. The van der Waals surface area contributed by atoms with Gasteiger partial charge in [0.25, 0.3) is 0 Å². The van der Waals surface area contributed by atoms with E-state index in [-0.39, 0.29) is 5.91 Å². The second-order valence-electron chi connectivity index (χ2n) is 6.29. The van der Waals surface area contributed by atoms with Gasteiger partial charge in [0.05, 0.1) is 5.69 Å². The number of thiazole rings is 1. The molecular weight excluding hydrogens is 336 g/mol. The molecule has 3 nitrogen and oxygen atoms in total. The molecule has 3 rings (SSSR count). The van der Waals surface area contributed by atoms with Gasteiger partial charge in [-0.1, -0.05) is 43.5 Å². The normalized spacial score (nSPS) is 15.4. The molecule has 0 radical (unpaired) electrons. The Bertz CT molecular complexity index is 660. The first-order valence-electron chi connectivity index (χ1n) is 8.61. The maximum absolute atomic E-state index is 11.8. The quantitative estimate of drug-likeness (QED) is 0.734. The summed E-state index contributed by atoms with van der Waals surface area (Å²) >= 11 is 3.17. The number of carbonyl (C=O) groups excluding carboxylic acids is 1. The van der Waals surface area contributed by atoms with Crippen LogP contribution in [-0.2, 0) is 4.79 Å². The first-order valence-corrected chi connectivity index (χ1v) is 10.9. The summed E-state index contributed by atoms with van der Waals surface area (Å²) < 4.78 is 0. The zero-order valence-corrected chi connectivity index (χ0v) is 15.7. The number of thioether (sulfide) groups is 1. The highest BCUT2D eigenvalue weighted by Gasteiger charge is 2.15. The molecule has 1 heterocycles. The highest BCUT2D eigenvalue weighted by Crippen LogP contribution is 2.34. The van der Waals surface area contributed by atoms with E-state index in [9.17, 15) is 4.79 Å². The van der Waals surface area contributed by atoms with Crippen molar-refractivity contribution in [3.8, 4) is 11.3 Å². The van der Waals surface area contributed by atoms with E-state index in [1.807, 2.05) is 11.6 Å². The fourth-order valence-corrected chi connectivity index (χ4v) is 4.33. The van der Waals surface area contributed by atoms with Gasteiger partial charge in [-0.15, -0.1) is 11.3 Å². The van der Waals surface area contributed by atoms with Crippen LogP contribution in [0.3, 0.4) is 0 Å². The van der Waals surface area contributed by atoms with E-state index in [1.165, 1.54) is 49.0 Å². The van der Waals surface area contributed by atoms with Crippen LogP contribution in [0.2, 0.25) is 0 Å². The number of anilines is 1. The van der Waals surface area contributed by atoms with E-state index in [0.29, 0.717) is 11.6 Å². The van der Waals surface area contributed by atoms with Crippen LogP contribution in [0.5, 0.6) is 0 Å². The Labute approximate surface area is 152 Å². The summed E-state index contributed by atoms with van der Waals surface area (Å²) in [5.74, 6) is 1.61. The maximum Gasteiger partial charge on any atom is 0.226 e. The van der Waals surface area contributed by atoms with E-state index in [0.717, 1.165) is 22.9 Å². The van der Waals surface area contributed by atoms with Gasteiger partial charge in [0.2, 0.25) is 5.91 Å². The molecule has 0 spiro atoms. The van der Waals surface area contributed by atoms with Crippen LogP contribution in [0.25, 0.3) is 11.3 Å². The zero-order chi connectivity index (χ0) is 16.8. The van der Waals surface area contributed by atoms with E-state index in [1.54, 1.807) is 11.8 Å². The van der Waals surface area contributed by atoms with Gasteiger partial charge in [-0.05, 0) is 30.6 Å². The van der Waals surface area contributed by atoms with Crippen LogP contribution in [0.15, 0.2) is 29.6 Å². The van der Waals surface area contributed by atoms with Crippen LogP contribution < -0.4 is 5.32 Å². The molecule has 0 bridgehead atoms. The average Bonchev–Trinajstić information content (AvgIpc) is 3.09. The van der Waals surface area contributed by atoms with E-state index < -0.39 is 0 Å². The van der Waals surface area contributed by atoms with Crippen molar-refractivity contribution in [1.29, 1.82) is 0 Å². The first kappa shape index (κ1) is 17.5. The second-order valence-corrected chi connectivity index (χ2v) is 8.13. The third-order valence-corrected chi connectivity index (χ3v) is 5.94. The van der Waals surface area contributed by atoms with Gasteiger partial charge in [-0.3, -0.25) is 4.79 Å². The number of hydrogen-bond donors (Lipinski definition) is 1. The van der Waals surface area contributed by atoms with Crippen LogP contribution >= 0.6 is 23.1 Å². The molecule has 128 valence electrons. The molecule has 1 saturated carbocycles. The molecular formula is C19H24N2OS2. The number of aromatic nitrogens is 1. The van der Waals surface area contributed by atoms with Gasteiger partial charge in [0.15, 0.2) is 5.13 Å². The number of nitrogens with one attached hydrogen (secondary N) is 1. The monoisotopic (exact) mass is 360 g/mol. The molecule has 1 aromatic heterocycles. The summed E-state index contributed by atoms with van der Waals surface area (Å²) in [7, 11) is 0. The Balaban J connectivity index is 1.63. The topological polar surface area (TPSA) is 42.0 Å². The van der Waals surface area contributed by atoms with Crippen molar-refractivity contribution in [2.24, 2.45) is 0 Å². The Morgan fingerprint density at radius 2 is 2.00 bits per heavy atom. The minimum Gasteiger partial charge on any atom is -0.302 e. The van der Waals surface area contributed by atoms with Gasteiger partial charge in [-0.25, -0.2) is 4.98 Å². The van der Waals surface area contributed by atoms with E-state index in [4.69, 9.17) is 0 Å². The van der Waals surface area contributed by atoms with Crippen molar-refractivity contribution in [2.75, 3.05) is 17.3 Å². The highest BCUT2D eigenvalue weighted by atomic mass is 32.2. The summed E-state index contributed by atoms with van der Waals surface area (Å²) in [6, 6.07) is 8.83. The van der Waals surface area contributed by atoms with Crippen LogP contribution in [0.4, 0.5) is 5.13 Å². The molecule has 0 atom stereocenters. The van der Waals surface area contributed by atoms with Gasteiger partial charge < -0.3 is 5.32 Å². The molecule has 1 amide bonds. The number of nitrogens with zero attached hydrogens (tertiary/aromatic N) is 1. The summed E-state index contributed by atoms with van der Waals surface area (Å²) in [6.07, 6.45) is 9.29. The van der Waals surface area contributed by atoms with Gasteiger partial charge in [-0.2, -0.15) is 11.8 Å². The molecule has 2 aromatic rings. The number of rotatable bonds is 6. The summed E-state index contributed by atoms with van der Waals surface area (Å²) in [4.78, 5) is 16.3. The molecule has 0 aliphatic heterocycles. The lowest BCUT2D eigenvalue weighted by Crippen LogP contribution is -2.11. The summed E-state index contributed by atoms with van der Waals surface area (Å²) in [6.45, 7) is 0. The van der Waals surface area contributed by atoms with Gasteiger partial charge >= 0.3 is 0 Å². The molecule has 1 aromatic carbocycles. The van der Waals surface area contributed by atoms with Crippen LogP contribution in [-0.4, -0.2) is 22.9 Å². The van der Waals surface area contributed by atoms with Crippen molar-refractivity contribution in [2.45, 2.75) is 44.4 Å². The van der Waals surface area contributed by atoms with Crippen molar-refractivity contribution in [1.82, 2.24) is 4.98 Å². The van der Waals surface area contributed by atoms with E-state index in [2.05, 4.69) is 34.6 Å². The fourth-order valence-electron chi connectivity index (χ4n) is 3.20. The van der Waals surface area contributed by atoms with Crippen molar-refractivity contribution >= 4 is 34.1 Å². The first-order chi connectivity index (χ1) is 11.8. The molecule has 1 N–H and O–H groups in total.